The van der Waals surface area contributed by atoms with Crippen molar-refractivity contribution in [2.24, 2.45) is 0 Å². The molecule has 0 aliphatic carbocycles. The second-order valence-electron chi connectivity index (χ2n) is 5.75. The van der Waals surface area contributed by atoms with Crippen LogP contribution in [0.25, 0.3) is 0 Å². The van der Waals surface area contributed by atoms with Crippen molar-refractivity contribution in [3.63, 3.8) is 0 Å². The molecule has 1 atom stereocenters. The van der Waals surface area contributed by atoms with E-state index in [2.05, 4.69) is 10.2 Å². The number of rotatable bonds is 4. The molecule has 1 aliphatic rings. The summed E-state index contributed by atoms with van der Waals surface area (Å²) in [4.78, 5) is 14.6. The predicted octanol–water partition coefficient (Wildman–Crippen LogP) is 2.04. The summed E-state index contributed by atoms with van der Waals surface area (Å²) in [6.07, 6.45) is 5.75. The number of halogens is 1. The Morgan fingerprint density at radius 3 is 2.91 bits per heavy atom. The number of carbonyl (C=O) groups excluding carboxylic acids is 1. The largest absolute Gasteiger partial charge is 0.336 e. The van der Waals surface area contributed by atoms with Gasteiger partial charge >= 0.3 is 0 Å². The molecule has 6 nitrogen and oxygen atoms in total. The van der Waals surface area contributed by atoms with E-state index in [0.29, 0.717) is 5.02 Å². The summed E-state index contributed by atoms with van der Waals surface area (Å²) < 4.78 is 3.58. The van der Waals surface area contributed by atoms with Crippen molar-refractivity contribution in [1.82, 2.24) is 24.5 Å². The molecule has 118 valence electrons. The number of likely N-dealkylation sites (tertiary alicyclic amines) is 1. The first kappa shape index (κ1) is 15.1. The van der Waals surface area contributed by atoms with E-state index in [0.717, 1.165) is 37.3 Å². The van der Waals surface area contributed by atoms with Crippen LogP contribution in [0.3, 0.4) is 0 Å². The second-order valence-corrected chi connectivity index (χ2v) is 6.13. The number of carbonyl (C=O) groups is 1. The van der Waals surface area contributed by atoms with E-state index >= 15 is 0 Å². The third kappa shape index (κ3) is 2.88. The smallest absolute Gasteiger partial charge is 0.244 e. The zero-order chi connectivity index (χ0) is 15.7. The van der Waals surface area contributed by atoms with E-state index in [1.807, 2.05) is 35.7 Å². The van der Waals surface area contributed by atoms with Gasteiger partial charge in [0, 0.05) is 18.9 Å². The molecule has 1 aliphatic heterocycles. The Hall–Kier alpha value is -1.82. The summed E-state index contributed by atoms with van der Waals surface area (Å²) in [5.74, 6) is 0.0944. The lowest BCUT2D eigenvalue weighted by molar-refractivity contribution is -0.133. The minimum Gasteiger partial charge on any atom is -0.336 e. The molecule has 0 aromatic carbocycles. The van der Waals surface area contributed by atoms with Gasteiger partial charge in [0.15, 0.2) is 0 Å². The average molecular weight is 322 g/mol. The molecule has 7 heteroatoms. The van der Waals surface area contributed by atoms with Crippen LogP contribution < -0.4 is 0 Å². The fraction of sp³-hybridized carbons (Fsp3) is 0.533. The number of hydrogen-bond donors (Lipinski definition) is 0. The summed E-state index contributed by atoms with van der Waals surface area (Å²) >= 11 is 6.15. The summed E-state index contributed by atoms with van der Waals surface area (Å²) in [7, 11) is 0. The molecule has 3 rings (SSSR count). The molecule has 0 spiro atoms. The second kappa shape index (κ2) is 6.12. The van der Waals surface area contributed by atoms with Crippen LogP contribution in [-0.2, 0) is 17.9 Å². The Bertz CT molecular complexity index is 664. The molecule has 0 radical (unpaired) electrons. The summed E-state index contributed by atoms with van der Waals surface area (Å²) in [6, 6.07) is 2.11. The van der Waals surface area contributed by atoms with E-state index < -0.39 is 0 Å². The minimum atomic E-state index is 0.0944. The quantitative estimate of drug-likeness (QED) is 0.866. The number of hydrogen-bond acceptors (Lipinski definition) is 3. The third-order valence-corrected chi connectivity index (χ3v) is 4.78. The van der Waals surface area contributed by atoms with E-state index in [4.69, 9.17) is 11.6 Å². The van der Waals surface area contributed by atoms with Crippen LogP contribution >= 0.6 is 11.6 Å². The monoisotopic (exact) mass is 321 g/mol. The van der Waals surface area contributed by atoms with Crippen molar-refractivity contribution in [1.29, 1.82) is 0 Å². The first-order valence-corrected chi connectivity index (χ1v) is 7.90. The first-order chi connectivity index (χ1) is 10.6. The molecule has 0 bridgehead atoms. The van der Waals surface area contributed by atoms with Crippen LogP contribution in [0, 0.1) is 13.8 Å². The molecule has 0 N–H and O–H groups in total. The Morgan fingerprint density at radius 2 is 2.27 bits per heavy atom. The molecule has 2 aromatic heterocycles. The minimum absolute atomic E-state index is 0.0944. The zero-order valence-electron chi connectivity index (χ0n) is 12.9. The summed E-state index contributed by atoms with van der Waals surface area (Å²) in [5, 5.41) is 9.21. The SMILES string of the molecule is Cc1nn(CC(=O)N2CCC[C@H]2Cn2cccn2)c(C)c1Cl. The standard InChI is InChI=1S/C15H20ClN5O/c1-11-15(16)12(2)21(18-11)10-14(22)20-8-3-5-13(20)9-19-7-4-6-17-19/h4,6-7,13H,3,5,8-10H2,1-2H3/t13-/m0/s1. The van der Waals surface area contributed by atoms with E-state index in [1.54, 1.807) is 10.9 Å². The number of aromatic nitrogens is 4. The highest BCUT2D eigenvalue weighted by molar-refractivity contribution is 6.31. The highest BCUT2D eigenvalue weighted by Gasteiger charge is 2.29. The molecule has 1 amide bonds. The maximum atomic E-state index is 12.6. The van der Waals surface area contributed by atoms with E-state index in [-0.39, 0.29) is 18.5 Å². The fourth-order valence-corrected chi connectivity index (χ4v) is 3.16. The number of aryl methyl sites for hydroxylation is 1. The highest BCUT2D eigenvalue weighted by Crippen LogP contribution is 2.22. The first-order valence-electron chi connectivity index (χ1n) is 7.52. The van der Waals surface area contributed by atoms with Crippen LogP contribution in [0.1, 0.15) is 24.2 Å². The highest BCUT2D eigenvalue weighted by atomic mass is 35.5. The lowest BCUT2D eigenvalue weighted by atomic mass is 10.2. The predicted molar refractivity (Wildman–Crippen MR) is 83.7 cm³/mol. The van der Waals surface area contributed by atoms with Gasteiger partial charge in [0.1, 0.15) is 6.54 Å². The van der Waals surface area contributed by atoms with Gasteiger partial charge in [-0.3, -0.25) is 14.2 Å². The van der Waals surface area contributed by atoms with Crippen molar-refractivity contribution in [3.05, 3.63) is 34.9 Å². The van der Waals surface area contributed by atoms with Gasteiger partial charge in [0.25, 0.3) is 0 Å². The molecule has 0 unspecified atom stereocenters. The lowest BCUT2D eigenvalue weighted by Crippen LogP contribution is -2.40. The van der Waals surface area contributed by atoms with Crippen LogP contribution in [0.2, 0.25) is 5.02 Å². The van der Waals surface area contributed by atoms with Crippen molar-refractivity contribution >= 4 is 17.5 Å². The molecule has 2 aromatic rings. The van der Waals surface area contributed by atoms with Crippen molar-refractivity contribution in [2.45, 2.75) is 45.8 Å². The molecular weight excluding hydrogens is 302 g/mol. The molecule has 1 fully saturated rings. The average Bonchev–Trinajstić information content (AvgIpc) is 3.20. The van der Waals surface area contributed by atoms with Gasteiger partial charge < -0.3 is 4.90 Å². The fourth-order valence-electron chi connectivity index (χ4n) is 3.03. The van der Waals surface area contributed by atoms with Gasteiger partial charge in [-0.2, -0.15) is 10.2 Å². The van der Waals surface area contributed by atoms with E-state index in [9.17, 15) is 4.79 Å². The Kier molecular flexibility index (Phi) is 4.20. The maximum absolute atomic E-state index is 12.6. The third-order valence-electron chi connectivity index (χ3n) is 4.23. The molecule has 22 heavy (non-hydrogen) atoms. The van der Waals surface area contributed by atoms with Crippen molar-refractivity contribution in [3.8, 4) is 0 Å². The molecule has 1 saturated heterocycles. The normalized spacial score (nSPS) is 18.1. The molecular formula is C15H20ClN5O. The summed E-state index contributed by atoms with van der Waals surface area (Å²) in [5.41, 5.74) is 1.61. The maximum Gasteiger partial charge on any atom is 0.244 e. The van der Waals surface area contributed by atoms with E-state index in [1.165, 1.54) is 0 Å². The van der Waals surface area contributed by atoms with Gasteiger partial charge in [-0.1, -0.05) is 11.6 Å². The van der Waals surface area contributed by atoms with Crippen LogP contribution in [-0.4, -0.2) is 43.0 Å². The lowest BCUT2D eigenvalue weighted by Gasteiger charge is -2.25. The Morgan fingerprint density at radius 1 is 1.45 bits per heavy atom. The van der Waals surface area contributed by atoms with Crippen molar-refractivity contribution < 1.29 is 4.79 Å². The van der Waals surface area contributed by atoms with Gasteiger partial charge in [-0.15, -0.1) is 0 Å². The number of nitrogens with zero attached hydrogens (tertiary/aromatic N) is 5. The Balaban J connectivity index is 1.69. The van der Waals surface area contributed by atoms with Crippen LogP contribution in [0.5, 0.6) is 0 Å². The van der Waals surface area contributed by atoms with Crippen molar-refractivity contribution in [2.75, 3.05) is 6.54 Å². The van der Waals surface area contributed by atoms with Gasteiger partial charge in [-0.05, 0) is 32.8 Å². The Labute approximate surface area is 134 Å². The topological polar surface area (TPSA) is 56.0 Å². The zero-order valence-corrected chi connectivity index (χ0v) is 13.6. The van der Waals surface area contributed by atoms with Crippen LogP contribution in [0.4, 0.5) is 0 Å². The van der Waals surface area contributed by atoms with Gasteiger partial charge in [0.05, 0.1) is 29.0 Å². The molecule has 0 saturated carbocycles. The van der Waals surface area contributed by atoms with Gasteiger partial charge in [-0.25, -0.2) is 0 Å². The molecule has 3 heterocycles. The van der Waals surface area contributed by atoms with Crippen LogP contribution in [0.15, 0.2) is 18.5 Å². The van der Waals surface area contributed by atoms with Gasteiger partial charge in [0.2, 0.25) is 5.91 Å². The summed E-state index contributed by atoms with van der Waals surface area (Å²) in [6.45, 7) is 5.54. The number of amides is 1.